The fourth-order valence-electron chi connectivity index (χ4n) is 1.88. The van der Waals surface area contributed by atoms with Gasteiger partial charge in [0, 0.05) is 16.6 Å². The summed E-state index contributed by atoms with van der Waals surface area (Å²) in [6.07, 6.45) is 2.53. The quantitative estimate of drug-likeness (QED) is 0.890. The average Bonchev–Trinajstić information content (AvgIpc) is 2.91. The Balaban J connectivity index is 2.10. The SMILES string of the molecule is CCC(NC(=O)c1ccc(C(=O)O)cc1)c1ncc(C)s1. The second kappa shape index (κ2) is 6.49. The third-order valence-electron chi connectivity index (χ3n) is 3.04. The highest BCUT2D eigenvalue weighted by Crippen LogP contribution is 2.22. The Kier molecular flexibility index (Phi) is 4.70. The maximum atomic E-state index is 12.2. The van der Waals surface area contributed by atoms with Gasteiger partial charge in [-0.05, 0) is 37.6 Å². The minimum absolute atomic E-state index is 0.129. The van der Waals surface area contributed by atoms with Crippen molar-refractivity contribution in [1.29, 1.82) is 0 Å². The number of nitrogens with zero attached hydrogens (tertiary/aromatic N) is 1. The van der Waals surface area contributed by atoms with Crippen molar-refractivity contribution in [3.8, 4) is 0 Å². The van der Waals surface area contributed by atoms with Crippen molar-refractivity contribution in [2.24, 2.45) is 0 Å². The highest BCUT2D eigenvalue weighted by Gasteiger charge is 2.17. The predicted octanol–water partition coefficient (Wildman–Crippen LogP) is 3.03. The number of thiazole rings is 1. The zero-order chi connectivity index (χ0) is 15.4. The zero-order valence-corrected chi connectivity index (χ0v) is 12.6. The molecule has 5 nitrogen and oxygen atoms in total. The Morgan fingerprint density at radius 2 is 1.90 bits per heavy atom. The van der Waals surface area contributed by atoms with Gasteiger partial charge >= 0.3 is 5.97 Å². The molecule has 6 heteroatoms. The lowest BCUT2D eigenvalue weighted by atomic mass is 10.1. The minimum atomic E-state index is -1.01. The summed E-state index contributed by atoms with van der Waals surface area (Å²) in [6, 6.07) is 5.74. The van der Waals surface area contributed by atoms with E-state index in [1.807, 2.05) is 13.8 Å². The second-order valence-corrected chi connectivity index (χ2v) is 5.89. The topological polar surface area (TPSA) is 79.3 Å². The molecule has 0 fully saturated rings. The molecule has 0 radical (unpaired) electrons. The van der Waals surface area contributed by atoms with Crippen LogP contribution < -0.4 is 5.32 Å². The van der Waals surface area contributed by atoms with E-state index in [9.17, 15) is 9.59 Å². The highest BCUT2D eigenvalue weighted by atomic mass is 32.1. The molecule has 0 aliphatic carbocycles. The maximum absolute atomic E-state index is 12.2. The Labute approximate surface area is 126 Å². The smallest absolute Gasteiger partial charge is 0.335 e. The standard InChI is InChI=1S/C15H16N2O3S/c1-3-12(14-16-8-9(2)21-14)17-13(18)10-4-6-11(7-5-10)15(19)20/h4-8,12H,3H2,1-2H3,(H,17,18)(H,19,20). The molecule has 110 valence electrons. The first-order chi connectivity index (χ1) is 10.0. The summed E-state index contributed by atoms with van der Waals surface area (Å²) in [7, 11) is 0. The van der Waals surface area contributed by atoms with E-state index in [4.69, 9.17) is 5.11 Å². The number of hydrogen-bond donors (Lipinski definition) is 2. The summed E-state index contributed by atoms with van der Waals surface area (Å²) in [6.45, 7) is 3.95. The molecule has 0 saturated heterocycles. The molecule has 1 unspecified atom stereocenters. The average molecular weight is 304 g/mol. The third kappa shape index (κ3) is 3.66. The summed E-state index contributed by atoms with van der Waals surface area (Å²) >= 11 is 1.56. The zero-order valence-electron chi connectivity index (χ0n) is 11.8. The molecular formula is C15H16N2O3S. The molecule has 1 amide bonds. The van der Waals surface area contributed by atoms with Gasteiger partial charge in [0.2, 0.25) is 0 Å². The van der Waals surface area contributed by atoms with Crippen LogP contribution in [0.2, 0.25) is 0 Å². The number of carbonyl (C=O) groups is 2. The fraction of sp³-hybridized carbons (Fsp3) is 0.267. The number of carbonyl (C=O) groups excluding carboxylic acids is 1. The molecule has 1 atom stereocenters. The van der Waals surface area contributed by atoms with E-state index in [1.54, 1.807) is 17.5 Å². The van der Waals surface area contributed by atoms with Crippen molar-refractivity contribution < 1.29 is 14.7 Å². The fourth-order valence-corrected chi connectivity index (χ4v) is 2.79. The van der Waals surface area contributed by atoms with Crippen LogP contribution in [0.4, 0.5) is 0 Å². The normalized spacial score (nSPS) is 11.9. The molecule has 1 aromatic heterocycles. The van der Waals surface area contributed by atoms with Crippen molar-refractivity contribution in [2.75, 3.05) is 0 Å². The molecule has 2 N–H and O–H groups in total. The molecule has 2 aromatic rings. The Bertz CT molecular complexity index is 649. The van der Waals surface area contributed by atoms with Crippen LogP contribution in [0.15, 0.2) is 30.5 Å². The van der Waals surface area contributed by atoms with Crippen molar-refractivity contribution >= 4 is 23.2 Å². The number of nitrogens with one attached hydrogen (secondary N) is 1. The van der Waals surface area contributed by atoms with Gasteiger partial charge in [-0.3, -0.25) is 4.79 Å². The van der Waals surface area contributed by atoms with Gasteiger partial charge < -0.3 is 10.4 Å². The number of hydrogen-bond acceptors (Lipinski definition) is 4. The summed E-state index contributed by atoms with van der Waals surface area (Å²) in [5.74, 6) is -1.24. The van der Waals surface area contributed by atoms with Crippen LogP contribution in [0.5, 0.6) is 0 Å². The molecule has 2 rings (SSSR count). The molecule has 1 heterocycles. The highest BCUT2D eigenvalue weighted by molar-refractivity contribution is 7.11. The van der Waals surface area contributed by atoms with Gasteiger partial charge in [0.1, 0.15) is 5.01 Å². The molecule has 1 aromatic carbocycles. The number of rotatable bonds is 5. The Morgan fingerprint density at radius 1 is 1.29 bits per heavy atom. The van der Waals surface area contributed by atoms with Gasteiger partial charge in [-0.15, -0.1) is 11.3 Å². The number of carboxylic acid groups (broad SMARTS) is 1. The molecular weight excluding hydrogens is 288 g/mol. The number of benzene rings is 1. The van der Waals surface area contributed by atoms with Gasteiger partial charge in [-0.2, -0.15) is 0 Å². The van der Waals surface area contributed by atoms with Crippen molar-refractivity contribution in [2.45, 2.75) is 26.3 Å². The molecule has 21 heavy (non-hydrogen) atoms. The van der Waals surface area contributed by atoms with Crippen LogP contribution in [0.25, 0.3) is 0 Å². The molecule has 0 spiro atoms. The van der Waals surface area contributed by atoms with E-state index < -0.39 is 5.97 Å². The predicted molar refractivity (Wildman–Crippen MR) is 80.8 cm³/mol. The van der Waals surface area contributed by atoms with E-state index >= 15 is 0 Å². The number of carboxylic acids is 1. The summed E-state index contributed by atoms with van der Waals surface area (Å²) in [4.78, 5) is 28.4. The maximum Gasteiger partial charge on any atom is 0.335 e. The van der Waals surface area contributed by atoms with Crippen molar-refractivity contribution in [1.82, 2.24) is 10.3 Å². The van der Waals surface area contributed by atoms with Gasteiger partial charge in [-0.1, -0.05) is 6.92 Å². The first kappa shape index (κ1) is 15.2. The Morgan fingerprint density at radius 3 is 2.38 bits per heavy atom. The summed E-state index contributed by atoms with van der Waals surface area (Å²) < 4.78 is 0. The Hall–Kier alpha value is -2.21. The summed E-state index contributed by atoms with van der Waals surface area (Å²) in [5, 5.41) is 12.6. The van der Waals surface area contributed by atoms with Gasteiger partial charge in [0.15, 0.2) is 0 Å². The number of aryl methyl sites for hydroxylation is 1. The third-order valence-corrected chi connectivity index (χ3v) is 4.07. The number of aromatic nitrogens is 1. The number of aromatic carboxylic acids is 1. The van der Waals surface area contributed by atoms with Gasteiger partial charge in [-0.25, -0.2) is 9.78 Å². The van der Waals surface area contributed by atoms with E-state index in [0.717, 1.165) is 16.3 Å². The largest absolute Gasteiger partial charge is 0.478 e. The number of amides is 1. The van der Waals surface area contributed by atoms with Crippen LogP contribution in [0.1, 0.15) is 50.0 Å². The first-order valence-corrected chi connectivity index (χ1v) is 7.39. The van der Waals surface area contributed by atoms with E-state index in [0.29, 0.717) is 5.56 Å². The first-order valence-electron chi connectivity index (χ1n) is 6.57. The molecule has 0 bridgehead atoms. The lowest BCUT2D eigenvalue weighted by Gasteiger charge is -2.14. The van der Waals surface area contributed by atoms with E-state index in [1.165, 1.54) is 24.3 Å². The van der Waals surface area contributed by atoms with Gasteiger partial charge in [0.25, 0.3) is 5.91 Å². The van der Waals surface area contributed by atoms with E-state index in [2.05, 4.69) is 10.3 Å². The lowest BCUT2D eigenvalue weighted by molar-refractivity contribution is 0.0696. The lowest BCUT2D eigenvalue weighted by Crippen LogP contribution is -2.28. The van der Waals surface area contributed by atoms with Crippen LogP contribution in [0, 0.1) is 6.92 Å². The molecule has 0 aliphatic heterocycles. The van der Waals surface area contributed by atoms with Crippen LogP contribution in [-0.4, -0.2) is 22.0 Å². The van der Waals surface area contributed by atoms with Crippen LogP contribution in [-0.2, 0) is 0 Å². The van der Waals surface area contributed by atoms with Crippen LogP contribution in [0.3, 0.4) is 0 Å². The van der Waals surface area contributed by atoms with Crippen molar-refractivity contribution in [3.63, 3.8) is 0 Å². The van der Waals surface area contributed by atoms with Crippen molar-refractivity contribution in [3.05, 3.63) is 51.5 Å². The minimum Gasteiger partial charge on any atom is -0.478 e. The van der Waals surface area contributed by atoms with E-state index in [-0.39, 0.29) is 17.5 Å². The molecule has 0 aliphatic rings. The monoisotopic (exact) mass is 304 g/mol. The second-order valence-electron chi connectivity index (χ2n) is 4.63. The molecule has 0 saturated carbocycles. The van der Waals surface area contributed by atoms with Gasteiger partial charge in [0.05, 0.1) is 11.6 Å². The van der Waals surface area contributed by atoms with Crippen LogP contribution >= 0.6 is 11.3 Å². The summed E-state index contributed by atoms with van der Waals surface area (Å²) in [5.41, 5.74) is 0.598.